The maximum atomic E-state index is 14.1. The maximum absolute atomic E-state index is 14.1. The SMILES string of the molecule is Cn1nc(NC(=O)C2(C(F)(F)F)CCN(Cc3ccccc3)C2)cc1-c1ccc(F)cc1.O=C(O)C(F)(F)F. The van der Waals surface area contributed by atoms with E-state index in [-0.39, 0.29) is 18.8 Å². The van der Waals surface area contributed by atoms with Gasteiger partial charge in [-0.1, -0.05) is 30.3 Å². The summed E-state index contributed by atoms with van der Waals surface area (Å²) in [5.41, 5.74) is -0.463. The molecule has 1 aromatic heterocycles. The summed E-state index contributed by atoms with van der Waals surface area (Å²) in [4.78, 5) is 23.5. The van der Waals surface area contributed by atoms with E-state index in [1.807, 2.05) is 30.3 Å². The van der Waals surface area contributed by atoms with Crippen molar-refractivity contribution in [1.82, 2.24) is 14.7 Å². The summed E-state index contributed by atoms with van der Waals surface area (Å²) in [6, 6.07) is 16.3. The van der Waals surface area contributed by atoms with Crippen molar-refractivity contribution in [2.75, 3.05) is 18.4 Å². The first-order valence-corrected chi connectivity index (χ1v) is 11.4. The Morgan fingerprint density at radius 3 is 2.15 bits per heavy atom. The third kappa shape index (κ3) is 7.13. The summed E-state index contributed by atoms with van der Waals surface area (Å²) in [7, 11) is 1.60. The van der Waals surface area contributed by atoms with Gasteiger partial charge in [-0.15, -0.1) is 0 Å². The van der Waals surface area contributed by atoms with Crippen LogP contribution in [0.4, 0.5) is 36.6 Å². The zero-order valence-electron chi connectivity index (χ0n) is 20.4. The van der Waals surface area contributed by atoms with Crippen LogP contribution in [-0.2, 0) is 23.2 Å². The first kappa shape index (κ1) is 29.6. The van der Waals surface area contributed by atoms with Crippen LogP contribution in [-0.4, -0.2) is 57.1 Å². The van der Waals surface area contributed by atoms with Crippen molar-refractivity contribution in [3.63, 3.8) is 0 Å². The van der Waals surface area contributed by atoms with Gasteiger partial charge in [0.25, 0.3) is 0 Å². The lowest BCUT2D eigenvalue weighted by Crippen LogP contribution is -2.50. The molecule has 2 N–H and O–H groups in total. The predicted octanol–water partition coefficient (Wildman–Crippen LogP) is 5.25. The van der Waals surface area contributed by atoms with E-state index in [4.69, 9.17) is 9.90 Å². The van der Waals surface area contributed by atoms with E-state index < -0.39 is 42.0 Å². The molecule has 14 heteroatoms. The molecule has 1 atom stereocenters. The molecular weight excluding hydrogens is 537 g/mol. The molecule has 0 aliphatic carbocycles. The third-order valence-electron chi connectivity index (χ3n) is 6.08. The molecule has 1 unspecified atom stereocenters. The van der Waals surface area contributed by atoms with Crippen LogP contribution in [0.1, 0.15) is 12.0 Å². The van der Waals surface area contributed by atoms with Crippen molar-refractivity contribution in [2.45, 2.75) is 25.3 Å². The fourth-order valence-electron chi connectivity index (χ4n) is 4.07. The molecule has 39 heavy (non-hydrogen) atoms. The standard InChI is InChI=1S/C23H22F4N4O.C2HF3O2/c1-30-19(17-7-9-18(24)10-8-17)13-20(29-30)28-21(32)22(23(25,26)27)11-12-31(15-22)14-16-5-3-2-4-6-16;3-2(4,5)1(6)7/h2-10,13H,11-12,14-15H2,1H3,(H,28,29,32);(H,6,7). The third-order valence-corrected chi connectivity index (χ3v) is 6.08. The molecule has 1 aliphatic heterocycles. The number of nitrogens with one attached hydrogen (secondary N) is 1. The van der Waals surface area contributed by atoms with Crippen LogP contribution in [0.25, 0.3) is 11.3 Å². The van der Waals surface area contributed by atoms with Crippen LogP contribution in [0.2, 0.25) is 0 Å². The molecule has 7 nitrogen and oxygen atoms in total. The van der Waals surface area contributed by atoms with Gasteiger partial charge in [0.1, 0.15) is 5.82 Å². The second-order valence-electron chi connectivity index (χ2n) is 8.83. The summed E-state index contributed by atoms with van der Waals surface area (Å²) in [5.74, 6) is -4.27. The Morgan fingerprint density at radius 1 is 1.03 bits per heavy atom. The zero-order chi connectivity index (χ0) is 29.0. The van der Waals surface area contributed by atoms with Crippen molar-refractivity contribution >= 4 is 17.7 Å². The van der Waals surface area contributed by atoms with E-state index in [9.17, 15) is 35.5 Å². The Bertz CT molecular complexity index is 1290. The number of carboxylic acids is 1. The minimum Gasteiger partial charge on any atom is -0.475 e. The molecule has 0 spiro atoms. The normalized spacial score (nSPS) is 17.8. The number of benzene rings is 2. The molecule has 210 valence electrons. The molecule has 3 aromatic rings. The summed E-state index contributed by atoms with van der Waals surface area (Å²) < 4.78 is 88.7. The number of hydrogen-bond donors (Lipinski definition) is 2. The number of anilines is 1. The fraction of sp³-hybridized carbons (Fsp3) is 0.320. The molecule has 1 amide bonds. The number of aromatic nitrogens is 2. The van der Waals surface area contributed by atoms with Gasteiger partial charge in [-0.25, -0.2) is 9.18 Å². The lowest BCUT2D eigenvalue weighted by Gasteiger charge is -2.30. The number of rotatable bonds is 5. The molecule has 0 bridgehead atoms. The maximum Gasteiger partial charge on any atom is 0.490 e. The van der Waals surface area contributed by atoms with Gasteiger partial charge in [0.05, 0.1) is 5.69 Å². The summed E-state index contributed by atoms with van der Waals surface area (Å²) in [6.45, 7) is 0.0734. The summed E-state index contributed by atoms with van der Waals surface area (Å²) >= 11 is 0. The topological polar surface area (TPSA) is 87.5 Å². The van der Waals surface area contributed by atoms with E-state index >= 15 is 0 Å². The van der Waals surface area contributed by atoms with E-state index in [1.54, 1.807) is 11.9 Å². The summed E-state index contributed by atoms with van der Waals surface area (Å²) in [6.07, 6.45) is -10.1. The highest BCUT2D eigenvalue weighted by atomic mass is 19.4. The van der Waals surface area contributed by atoms with Gasteiger partial charge in [0.2, 0.25) is 5.91 Å². The first-order valence-electron chi connectivity index (χ1n) is 11.4. The molecule has 2 heterocycles. The molecule has 1 fully saturated rings. The minimum absolute atomic E-state index is 0.0157. The van der Waals surface area contributed by atoms with E-state index in [1.165, 1.54) is 35.0 Å². The van der Waals surface area contributed by atoms with E-state index in [0.717, 1.165) is 5.56 Å². The van der Waals surface area contributed by atoms with Crippen LogP contribution in [0.15, 0.2) is 60.7 Å². The number of carboxylic acid groups (broad SMARTS) is 1. The molecule has 1 saturated heterocycles. The molecule has 2 aromatic carbocycles. The Balaban J connectivity index is 0.000000532. The Hall–Kier alpha value is -3.94. The van der Waals surface area contributed by atoms with Crippen LogP contribution >= 0.6 is 0 Å². The van der Waals surface area contributed by atoms with Gasteiger partial charge in [0.15, 0.2) is 11.2 Å². The highest BCUT2D eigenvalue weighted by molar-refractivity contribution is 5.96. The van der Waals surface area contributed by atoms with Crippen molar-refractivity contribution < 1.29 is 45.4 Å². The molecule has 1 aliphatic rings. The number of nitrogens with zero attached hydrogens (tertiary/aromatic N) is 3. The molecule has 0 radical (unpaired) electrons. The van der Waals surface area contributed by atoms with Crippen molar-refractivity contribution in [3.8, 4) is 11.3 Å². The van der Waals surface area contributed by atoms with Crippen molar-refractivity contribution in [3.05, 3.63) is 72.0 Å². The number of alkyl halides is 6. The van der Waals surface area contributed by atoms with Crippen molar-refractivity contribution in [2.24, 2.45) is 12.5 Å². The predicted molar refractivity (Wildman–Crippen MR) is 126 cm³/mol. The van der Waals surface area contributed by atoms with Gasteiger partial charge < -0.3 is 10.4 Å². The number of aryl methyl sites for hydroxylation is 1. The number of aliphatic carboxylic acids is 1. The lowest BCUT2D eigenvalue weighted by atomic mass is 9.85. The van der Waals surface area contributed by atoms with Crippen LogP contribution in [0.3, 0.4) is 0 Å². The second-order valence-corrected chi connectivity index (χ2v) is 8.83. The molecule has 4 rings (SSSR count). The van der Waals surface area contributed by atoms with Crippen LogP contribution < -0.4 is 5.32 Å². The Kier molecular flexibility index (Phi) is 8.68. The Morgan fingerprint density at radius 2 is 1.62 bits per heavy atom. The average molecular weight is 560 g/mol. The lowest BCUT2D eigenvalue weighted by molar-refractivity contribution is -0.215. The minimum atomic E-state index is -5.08. The van der Waals surface area contributed by atoms with Crippen LogP contribution in [0.5, 0.6) is 0 Å². The Labute approximate surface area is 217 Å². The number of hydrogen-bond acceptors (Lipinski definition) is 4. The monoisotopic (exact) mass is 560 g/mol. The number of amides is 1. The highest BCUT2D eigenvalue weighted by Gasteiger charge is 2.63. The number of likely N-dealkylation sites (tertiary alicyclic amines) is 1. The van der Waals surface area contributed by atoms with Crippen LogP contribution in [0, 0.1) is 11.2 Å². The van der Waals surface area contributed by atoms with Gasteiger partial charge in [-0.3, -0.25) is 14.4 Å². The van der Waals surface area contributed by atoms with Gasteiger partial charge in [-0.05, 0) is 42.8 Å². The molecule has 0 saturated carbocycles. The largest absolute Gasteiger partial charge is 0.490 e. The average Bonchev–Trinajstić information content (AvgIpc) is 3.44. The van der Waals surface area contributed by atoms with Gasteiger partial charge in [-0.2, -0.15) is 31.4 Å². The van der Waals surface area contributed by atoms with Gasteiger partial charge >= 0.3 is 18.3 Å². The van der Waals surface area contributed by atoms with Crippen molar-refractivity contribution in [1.29, 1.82) is 0 Å². The van der Waals surface area contributed by atoms with Gasteiger partial charge in [0, 0.05) is 31.8 Å². The zero-order valence-corrected chi connectivity index (χ0v) is 20.4. The quantitative estimate of drug-likeness (QED) is 0.417. The van der Waals surface area contributed by atoms with E-state index in [0.29, 0.717) is 17.8 Å². The second kappa shape index (κ2) is 11.4. The highest BCUT2D eigenvalue weighted by Crippen LogP contribution is 2.46. The fourth-order valence-corrected chi connectivity index (χ4v) is 4.07. The van der Waals surface area contributed by atoms with E-state index in [2.05, 4.69) is 10.4 Å². The molecular formula is C25H23F7N4O3. The number of carbonyl (C=O) groups excluding carboxylic acids is 1. The number of carbonyl (C=O) groups is 2. The summed E-state index contributed by atoms with van der Waals surface area (Å²) in [5, 5.41) is 13.6. The first-order chi connectivity index (χ1) is 18.1. The number of halogens is 7. The smallest absolute Gasteiger partial charge is 0.475 e.